The van der Waals surface area contributed by atoms with Gasteiger partial charge in [0.25, 0.3) is 7.82 Å². The van der Waals surface area contributed by atoms with Crippen LogP contribution in [0.1, 0.15) is 0 Å². The Bertz CT molecular complexity index is 423. The third-order valence-electron chi connectivity index (χ3n) is 0.784. The zero-order valence-corrected chi connectivity index (χ0v) is 16.1. The number of likely N-dealkylation sites (N-methyl/N-ethyl adjacent to an activating group) is 1. The molecule has 0 fully saturated rings. The van der Waals surface area contributed by atoms with Crippen LogP contribution in [0.25, 0.3) is 0 Å². The van der Waals surface area contributed by atoms with Gasteiger partial charge in [-0.2, -0.15) is 0 Å². The first-order valence-electron chi connectivity index (χ1n) is 3.74. The summed E-state index contributed by atoms with van der Waals surface area (Å²) in [5.74, 6) is -1.23. The maximum Gasteiger partial charge on any atom is 2.00 e. The monoisotopic (exact) mass is 371 g/mol. The van der Waals surface area contributed by atoms with E-state index in [-0.39, 0.29) is 65.1 Å². The average Bonchev–Trinajstić information content (AvgIpc) is 1.94. The van der Waals surface area contributed by atoms with E-state index in [0.29, 0.717) is 0 Å². The second-order valence-corrected chi connectivity index (χ2v) is 4.33. The number of nitrogens with two attached hydrogens (primary N) is 1. The summed E-state index contributed by atoms with van der Waals surface area (Å²) in [5, 5.41) is 14.9. The molecule has 0 atom stereocenters. The molecular formula is C4H11MgN3NaO10PS. The van der Waals surface area contributed by atoms with Crippen molar-refractivity contribution in [2.75, 3.05) is 13.6 Å². The van der Waals surface area contributed by atoms with Gasteiger partial charge in [0.15, 0.2) is 5.96 Å². The van der Waals surface area contributed by atoms with Crippen LogP contribution in [0.4, 0.5) is 0 Å². The van der Waals surface area contributed by atoms with E-state index in [0.717, 1.165) is 4.90 Å². The van der Waals surface area contributed by atoms with Crippen LogP contribution < -0.4 is 40.2 Å². The van der Waals surface area contributed by atoms with Gasteiger partial charge in [0, 0.05) is 17.4 Å². The van der Waals surface area contributed by atoms with Crippen molar-refractivity contribution in [3.63, 3.8) is 0 Å². The van der Waals surface area contributed by atoms with Crippen LogP contribution >= 0.6 is 7.82 Å². The number of nitrogens with one attached hydrogen (secondary N) is 1. The summed E-state index contributed by atoms with van der Waals surface area (Å²) in [6, 6.07) is 0. The number of carboxylic acid groups (broad SMARTS) is 1. The molecule has 0 saturated carbocycles. The van der Waals surface area contributed by atoms with Gasteiger partial charge in [-0.3, -0.25) is 23.2 Å². The average molecular weight is 371 g/mol. The molecule has 0 aromatic heterocycles. The van der Waals surface area contributed by atoms with Gasteiger partial charge in [0.1, 0.15) is 6.54 Å². The number of rotatable bonds is 2. The van der Waals surface area contributed by atoms with Gasteiger partial charge < -0.3 is 39.5 Å². The predicted molar refractivity (Wildman–Crippen MR) is 60.5 cm³/mol. The Kier molecular flexibility index (Phi) is 24.3. The van der Waals surface area contributed by atoms with Crippen molar-refractivity contribution < 1.29 is 76.2 Å². The Morgan fingerprint density at radius 1 is 1.38 bits per heavy atom. The summed E-state index contributed by atoms with van der Waals surface area (Å²) in [4.78, 5) is 34.0. The Hall–Kier alpha value is 0.486. The SMILES string of the molecule is CN(CC(=O)O)C(=N)N.O=P([O-])(O)O.O=S(=O)([O-])[O-].[Mg+2].[Na+]. The molecule has 0 unspecified atom stereocenters. The molecule has 0 aliphatic heterocycles. The number of phosphoric acid groups is 1. The minimum Gasteiger partial charge on any atom is -0.759 e. The summed E-state index contributed by atoms with van der Waals surface area (Å²) in [6.45, 7) is -0.227. The maximum atomic E-state index is 9.92. The number of guanidine groups is 1. The number of carboxylic acids is 1. The fraction of sp³-hybridized carbons (Fsp3) is 0.500. The first-order valence-corrected chi connectivity index (χ1v) is 6.60. The maximum absolute atomic E-state index is 9.92. The number of hydrogen-bond acceptors (Lipinski definition) is 8. The van der Waals surface area contributed by atoms with Crippen molar-refractivity contribution in [1.29, 1.82) is 5.41 Å². The molecule has 0 spiro atoms. The molecule has 6 N–H and O–H groups in total. The smallest absolute Gasteiger partial charge is 0.759 e. The molecule has 21 heavy (non-hydrogen) atoms. The van der Waals surface area contributed by atoms with E-state index in [2.05, 4.69) is 0 Å². The van der Waals surface area contributed by atoms with Crippen LogP contribution in [0.3, 0.4) is 0 Å². The van der Waals surface area contributed by atoms with Crippen molar-refractivity contribution in [2.45, 2.75) is 0 Å². The quantitative estimate of drug-likeness (QED) is 0.0757. The van der Waals surface area contributed by atoms with Crippen LogP contribution in [-0.2, 0) is 19.8 Å². The normalized spacial score (nSPS) is 9.24. The largest absolute Gasteiger partial charge is 2.00 e. The Labute approximate surface area is 158 Å². The van der Waals surface area contributed by atoms with Gasteiger partial charge in [-0.1, -0.05) is 0 Å². The Balaban J connectivity index is -0.0000000622. The molecule has 0 aliphatic rings. The van der Waals surface area contributed by atoms with Crippen LogP contribution in [0.2, 0.25) is 0 Å². The molecule has 13 nitrogen and oxygen atoms in total. The van der Waals surface area contributed by atoms with Gasteiger partial charge in [-0.15, -0.1) is 0 Å². The van der Waals surface area contributed by atoms with Crippen LogP contribution in [0, 0.1) is 5.41 Å². The molecule has 0 heterocycles. The predicted octanol–water partition coefficient (Wildman–Crippen LogP) is -7.38. The van der Waals surface area contributed by atoms with Gasteiger partial charge >= 0.3 is 58.6 Å². The molecule has 0 saturated heterocycles. The minimum atomic E-state index is -5.17. The molecule has 0 amide bonds. The first kappa shape index (κ1) is 33.2. The van der Waals surface area contributed by atoms with Crippen molar-refractivity contribution in [3.8, 4) is 0 Å². The summed E-state index contributed by atoms with van der Waals surface area (Å²) in [7, 11) is -8.61. The van der Waals surface area contributed by atoms with Gasteiger partial charge in [0.05, 0.1) is 0 Å². The summed E-state index contributed by atoms with van der Waals surface area (Å²) >= 11 is 0. The van der Waals surface area contributed by atoms with E-state index >= 15 is 0 Å². The Morgan fingerprint density at radius 2 is 1.57 bits per heavy atom. The molecule has 0 aromatic rings. The van der Waals surface area contributed by atoms with E-state index < -0.39 is 24.2 Å². The third-order valence-corrected chi connectivity index (χ3v) is 0.784. The number of nitrogens with zero attached hydrogens (tertiary/aromatic N) is 1. The molecule has 0 bridgehead atoms. The molecule has 0 aromatic carbocycles. The van der Waals surface area contributed by atoms with Crippen LogP contribution in [0.15, 0.2) is 0 Å². The fourth-order valence-electron chi connectivity index (χ4n) is 0.288. The van der Waals surface area contributed by atoms with Crippen molar-refractivity contribution in [1.82, 2.24) is 4.90 Å². The van der Waals surface area contributed by atoms with Crippen molar-refractivity contribution in [3.05, 3.63) is 0 Å². The van der Waals surface area contributed by atoms with Crippen LogP contribution in [0.5, 0.6) is 0 Å². The van der Waals surface area contributed by atoms with Gasteiger partial charge in [-0.25, -0.2) is 0 Å². The van der Waals surface area contributed by atoms with E-state index in [9.17, 15) is 4.79 Å². The van der Waals surface area contributed by atoms with E-state index in [1.807, 2.05) is 0 Å². The molecule has 17 heteroatoms. The second-order valence-electron chi connectivity index (χ2n) is 2.53. The van der Waals surface area contributed by atoms with E-state index in [1.165, 1.54) is 7.05 Å². The number of carbonyl (C=O) groups is 1. The molecule has 0 aliphatic carbocycles. The topological polar surface area (TPSA) is 251 Å². The second kappa shape index (κ2) is 15.4. The molecule has 116 valence electrons. The zero-order chi connectivity index (χ0) is 16.4. The Morgan fingerprint density at radius 3 is 1.62 bits per heavy atom. The number of aliphatic carboxylic acids is 1. The third kappa shape index (κ3) is 97.2. The summed E-state index contributed by atoms with van der Waals surface area (Å²) in [5.41, 5.74) is 4.93. The molecule has 0 rings (SSSR count). The zero-order valence-electron chi connectivity index (χ0n) is 11.0. The minimum absolute atomic E-state index is 0. The first-order chi connectivity index (χ1) is 8.04. The van der Waals surface area contributed by atoms with Crippen molar-refractivity contribution >= 4 is 53.2 Å². The van der Waals surface area contributed by atoms with Crippen LogP contribution in [-0.4, -0.2) is 85.9 Å². The molecule has 0 radical (unpaired) electrons. The fourth-order valence-corrected chi connectivity index (χ4v) is 0.288. The van der Waals surface area contributed by atoms with E-state index in [4.69, 9.17) is 53.0 Å². The van der Waals surface area contributed by atoms with Gasteiger partial charge in [-0.05, 0) is 0 Å². The molecular weight excluding hydrogens is 360 g/mol. The van der Waals surface area contributed by atoms with Gasteiger partial charge in [0.2, 0.25) is 0 Å². The van der Waals surface area contributed by atoms with E-state index in [1.54, 1.807) is 0 Å². The number of hydrogen-bond donors (Lipinski definition) is 5. The summed E-state index contributed by atoms with van der Waals surface area (Å²) in [6.07, 6.45) is 0. The van der Waals surface area contributed by atoms with Crippen molar-refractivity contribution in [2.24, 2.45) is 5.73 Å². The summed E-state index contributed by atoms with van der Waals surface area (Å²) < 4.78 is 42.9. The standard InChI is InChI=1S/C4H9N3O2.Mg.Na.H3O4P.H2O4S/c1-7(4(5)6)2-3(8)9;;;2*1-5(2,3)4/h2H2,1H3,(H3,5,6)(H,8,9);;;(H3,1,2,3,4);(H2,1,2,3,4)/q;+2;+1;;/p-3.